The van der Waals surface area contributed by atoms with Gasteiger partial charge in [0.1, 0.15) is 11.6 Å². The molecule has 2 aromatic heterocycles. The molecule has 2 heterocycles. The summed E-state index contributed by atoms with van der Waals surface area (Å²) in [7, 11) is 0. The van der Waals surface area contributed by atoms with Crippen LogP contribution in [0.15, 0.2) is 65.5 Å². The monoisotopic (exact) mass is 332 g/mol. The van der Waals surface area contributed by atoms with E-state index in [-0.39, 0.29) is 23.4 Å². The number of furan rings is 1. The molecule has 3 aromatic rings. The van der Waals surface area contributed by atoms with Gasteiger partial charge >= 0.3 is 0 Å². The van der Waals surface area contributed by atoms with Crippen molar-refractivity contribution in [1.82, 2.24) is 4.57 Å². The van der Waals surface area contributed by atoms with E-state index in [4.69, 9.17) is 16.0 Å². The minimum atomic E-state index is -0.523. The van der Waals surface area contributed by atoms with Crippen LogP contribution in [-0.4, -0.2) is 10.5 Å². The summed E-state index contributed by atoms with van der Waals surface area (Å²) in [5, 5.41) is 2.69. The summed E-state index contributed by atoms with van der Waals surface area (Å²) in [6, 6.07) is 11.2. The Hall–Kier alpha value is -2.53. The van der Waals surface area contributed by atoms with Crippen molar-refractivity contribution in [3.8, 4) is 0 Å². The zero-order valence-electron chi connectivity index (χ0n) is 12.1. The first-order valence-corrected chi connectivity index (χ1v) is 7.42. The Morgan fingerprint density at radius 2 is 2.04 bits per heavy atom. The van der Waals surface area contributed by atoms with Gasteiger partial charge in [-0.3, -0.25) is 4.79 Å². The van der Waals surface area contributed by atoms with Crippen molar-refractivity contribution in [2.45, 2.75) is 12.5 Å². The summed E-state index contributed by atoms with van der Waals surface area (Å²) in [6.07, 6.45) is 5.49. The molecule has 0 aliphatic heterocycles. The van der Waals surface area contributed by atoms with Crippen molar-refractivity contribution in [2.75, 3.05) is 5.32 Å². The molecule has 1 atom stereocenters. The van der Waals surface area contributed by atoms with E-state index >= 15 is 0 Å². The van der Waals surface area contributed by atoms with Crippen molar-refractivity contribution in [1.29, 1.82) is 0 Å². The van der Waals surface area contributed by atoms with Gasteiger partial charge in [-0.1, -0.05) is 11.6 Å². The molecular formula is C17H14ClFN2O2. The van der Waals surface area contributed by atoms with Gasteiger partial charge in [-0.15, -0.1) is 0 Å². The van der Waals surface area contributed by atoms with Crippen molar-refractivity contribution in [3.05, 3.63) is 77.7 Å². The van der Waals surface area contributed by atoms with E-state index in [1.165, 1.54) is 18.2 Å². The second-order valence-electron chi connectivity index (χ2n) is 5.04. The Balaban J connectivity index is 1.75. The van der Waals surface area contributed by atoms with Gasteiger partial charge in [0.2, 0.25) is 5.91 Å². The second-order valence-corrected chi connectivity index (χ2v) is 5.45. The fourth-order valence-electron chi connectivity index (χ4n) is 2.35. The molecule has 4 nitrogen and oxygen atoms in total. The van der Waals surface area contributed by atoms with Gasteiger partial charge in [-0.2, -0.15) is 0 Å². The lowest BCUT2D eigenvalue weighted by Gasteiger charge is -2.16. The molecule has 0 bridgehead atoms. The molecule has 6 heteroatoms. The lowest BCUT2D eigenvalue weighted by molar-refractivity contribution is -0.116. The van der Waals surface area contributed by atoms with Crippen LogP contribution in [0, 0.1) is 5.82 Å². The van der Waals surface area contributed by atoms with Gasteiger partial charge in [0, 0.05) is 18.1 Å². The summed E-state index contributed by atoms with van der Waals surface area (Å²) in [5.41, 5.74) is 0.451. The molecule has 0 saturated carbocycles. The minimum absolute atomic E-state index is 0.0317. The molecular weight excluding hydrogens is 319 g/mol. The number of carbonyl (C=O) groups is 1. The van der Waals surface area contributed by atoms with Crippen molar-refractivity contribution in [3.63, 3.8) is 0 Å². The number of anilines is 1. The van der Waals surface area contributed by atoms with Crippen LogP contribution in [0.5, 0.6) is 0 Å². The molecule has 23 heavy (non-hydrogen) atoms. The predicted octanol–water partition coefficient (Wildman–Crippen LogP) is 4.49. The first kappa shape index (κ1) is 15.4. The number of hydrogen-bond acceptors (Lipinski definition) is 2. The van der Waals surface area contributed by atoms with Crippen molar-refractivity contribution < 1.29 is 13.6 Å². The zero-order valence-corrected chi connectivity index (χ0v) is 12.8. The summed E-state index contributed by atoms with van der Waals surface area (Å²) >= 11 is 5.72. The van der Waals surface area contributed by atoms with Crippen molar-refractivity contribution >= 4 is 23.2 Å². The number of benzene rings is 1. The highest BCUT2D eigenvalue weighted by Crippen LogP contribution is 2.24. The summed E-state index contributed by atoms with van der Waals surface area (Å²) in [4.78, 5) is 12.3. The Morgan fingerprint density at radius 1 is 1.26 bits per heavy atom. The number of aromatic nitrogens is 1. The highest BCUT2D eigenvalue weighted by molar-refractivity contribution is 6.31. The van der Waals surface area contributed by atoms with Gasteiger partial charge in [-0.25, -0.2) is 4.39 Å². The van der Waals surface area contributed by atoms with E-state index in [9.17, 15) is 9.18 Å². The molecule has 0 fully saturated rings. The molecule has 0 spiro atoms. The molecule has 0 aliphatic rings. The maximum atomic E-state index is 13.2. The number of carbonyl (C=O) groups excluding carboxylic acids is 1. The number of hydrogen-bond donors (Lipinski definition) is 1. The highest BCUT2D eigenvalue weighted by atomic mass is 35.5. The van der Waals surface area contributed by atoms with E-state index in [1.54, 1.807) is 12.3 Å². The number of rotatable bonds is 5. The van der Waals surface area contributed by atoms with Crippen LogP contribution < -0.4 is 5.32 Å². The van der Waals surface area contributed by atoms with Crippen molar-refractivity contribution in [2.24, 2.45) is 0 Å². The molecule has 0 aliphatic carbocycles. The third-order valence-corrected chi connectivity index (χ3v) is 3.73. The Labute approximate surface area is 137 Å². The highest BCUT2D eigenvalue weighted by Gasteiger charge is 2.20. The maximum Gasteiger partial charge on any atom is 0.226 e. The lowest BCUT2D eigenvalue weighted by atomic mass is 10.1. The van der Waals surface area contributed by atoms with Crippen LogP contribution in [0.3, 0.4) is 0 Å². The van der Waals surface area contributed by atoms with Crippen LogP contribution in [0.4, 0.5) is 10.1 Å². The zero-order chi connectivity index (χ0) is 16.2. The van der Waals surface area contributed by atoms with Crippen LogP contribution in [0.25, 0.3) is 0 Å². The quantitative estimate of drug-likeness (QED) is 0.748. The fraction of sp³-hybridized carbons (Fsp3) is 0.118. The topological polar surface area (TPSA) is 47.2 Å². The largest absolute Gasteiger partial charge is 0.467 e. The predicted molar refractivity (Wildman–Crippen MR) is 85.9 cm³/mol. The molecule has 0 unspecified atom stereocenters. The molecule has 1 N–H and O–H groups in total. The first-order valence-electron chi connectivity index (χ1n) is 7.04. The normalized spacial score (nSPS) is 12.1. The van der Waals surface area contributed by atoms with E-state index in [2.05, 4.69) is 5.32 Å². The fourth-order valence-corrected chi connectivity index (χ4v) is 2.53. The summed E-state index contributed by atoms with van der Waals surface area (Å²) < 4.78 is 20.5. The summed E-state index contributed by atoms with van der Waals surface area (Å²) in [6.45, 7) is 0. The number of amides is 1. The number of nitrogens with zero attached hydrogens (tertiary/aromatic N) is 1. The minimum Gasteiger partial charge on any atom is -0.467 e. The number of halogens is 2. The van der Waals surface area contributed by atoms with E-state index < -0.39 is 5.82 Å². The molecule has 0 radical (unpaired) electrons. The van der Waals surface area contributed by atoms with E-state index in [0.717, 1.165) is 0 Å². The van der Waals surface area contributed by atoms with Crippen LogP contribution >= 0.6 is 11.6 Å². The molecule has 1 amide bonds. The van der Waals surface area contributed by atoms with Gasteiger partial charge < -0.3 is 14.3 Å². The Bertz CT molecular complexity index is 751. The molecule has 0 saturated heterocycles. The van der Waals surface area contributed by atoms with E-state index in [1.807, 2.05) is 35.2 Å². The average Bonchev–Trinajstić information content (AvgIpc) is 3.21. The summed E-state index contributed by atoms with van der Waals surface area (Å²) in [5.74, 6) is -0.0540. The molecule has 1 aromatic carbocycles. The second kappa shape index (κ2) is 6.71. The van der Waals surface area contributed by atoms with Gasteiger partial charge in [0.05, 0.1) is 23.7 Å². The van der Waals surface area contributed by atoms with Gasteiger partial charge in [0.15, 0.2) is 0 Å². The number of nitrogens with one attached hydrogen (secondary N) is 1. The Kier molecular flexibility index (Phi) is 4.48. The van der Waals surface area contributed by atoms with Gasteiger partial charge in [-0.05, 0) is 42.5 Å². The third-order valence-electron chi connectivity index (χ3n) is 3.44. The molecule has 118 valence electrons. The van der Waals surface area contributed by atoms with Crippen LogP contribution in [0.1, 0.15) is 18.2 Å². The first-order chi connectivity index (χ1) is 11.1. The average molecular weight is 333 g/mol. The smallest absolute Gasteiger partial charge is 0.226 e. The SMILES string of the molecule is O=C(C[C@@H](c1ccco1)n1cccc1)Nc1ccc(F)c(Cl)c1. The lowest BCUT2D eigenvalue weighted by Crippen LogP contribution is -2.19. The molecule has 3 rings (SSSR count). The van der Waals surface area contributed by atoms with Crippen LogP contribution in [-0.2, 0) is 4.79 Å². The van der Waals surface area contributed by atoms with Gasteiger partial charge in [0.25, 0.3) is 0 Å². The van der Waals surface area contributed by atoms with Crippen LogP contribution in [0.2, 0.25) is 5.02 Å². The van der Waals surface area contributed by atoms with E-state index in [0.29, 0.717) is 11.4 Å². The maximum absolute atomic E-state index is 13.2. The Morgan fingerprint density at radius 3 is 2.70 bits per heavy atom. The standard InChI is InChI=1S/C17H14ClFN2O2/c18-13-10-12(5-6-14(13)19)20-17(22)11-15(16-4-3-9-23-16)21-7-1-2-8-21/h1-10,15H,11H2,(H,20,22)/t15-/m0/s1. The third kappa shape index (κ3) is 3.63.